The third-order valence-electron chi connectivity index (χ3n) is 2.89. The summed E-state index contributed by atoms with van der Waals surface area (Å²) in [6.45, 7) is 1.41. The van der Waals surface area contributed by atoms with Crippen molar-refractivity contribution in [2.45, 2.75) is 13.5 Å². The van der Waals surface area contributed by atoms with E-state index in [1.54, 1.807) is 37.3 Å². The summed E-state index contributed by atoms with van der Waals surface area (Å²) in [5.74, 6) is -0.0863. The molecule has 0 saturated heterocycles. The fraction of sp³-hybridized carbons (Fsp3) is 0.250. The van der Waals surface area contributed by atoms with Gasteiger partial charge in [0.15, 0.2) is 6.61 Å². The molecule has 1 aromatic carbocycles. The summed E-state index contributed by atoms with van der Waals surface area (Å²) in [6.07, 6.45) is 0. The van der Waals surface area contributed by atoms with Gasteiger partial charge in [-0.05, 0) is 37.3 Å². The molecule has 23 heavy (non-hydrogen) atoms. The summed E-state index contributed by atoms with van der Waals surface area (Å²) in [4.78, 5) is 23.1. The van der Waals surface area contributed by atoms with Crippen molar-refractivity contribution in [3.63, 3.8) is 0 Å². The summed E-state index contributed by atoms with van der Waals surface area (Å²) in [6, 6.07) is 8.70. The molecule has 0 saturated carbocycles. The molecule has 1 heterocycles. The van der Waals surface area contributed by atoms with Crippen LogP contribution in [0.2, 0.25) is 0 Å². The number of hydrogen-bond donors (Lipinski definition) is 0. The Labute approximate surface area is 141 Å². The van der Waals surface area contributed by atoms with Crippen molar-refractivity contribution < 1.29 is 28.2 Å². The number of carbonyl (C=O) groups is 2. The molecule has 0 radical (unpaired) electrons. The van der Waals surface area contributed by atoms with Crippen LogP contribution >= 0.6 is 15.9 Å². The first-order chi connectivity index (χ1) is 11.0. The Morgan fingerprint density at radius 3 is 2.57 bits per heavy atom. The Hall–Kier alpha value is -2.28. The van der Waals surface area contributed by atoms with Gasteiger partial charge in [0, 0.05) is 10.0 Å². The molecular weight excluding hydrogens is 368 g/mol. The number of hydrogen-bond acceptors (Lipinski definition) is 6. The van der Waals surface area contributed by atoms with Crippen molar-refractivity contribution in [1.82, 2.24) is 0 Å². The number of benzene rings is 1. The molecule has 0 aliphatic carbocycles. The number of rotatable bonds is 6. The topological polar surface area (TPSA) is 75.0 Å². The molecule has 7 heteroatoms. The largest absolute Gasteiger partial charge is 0.482 e. The Bertz CT molecular complexity index is 689. The lowest BCUT2D eigenvalue weighted by molar-refractivity contribution is -0.147. The first-order valence-corrected chi connectivity index (χ1v) is 7.50. The smallest absolute Gasteiger partial charge is 0.374 e. The van der Waals surface area contributed by atoms with Crippen LogP contribution in [0.25, 0.3) is 0 Å². The van der Waals surface area contributed by atoms with Crippen LogP contribution in [-0.2, 0) is 20.9 Å². The third-order valence-corrected chi connectivity index (χ3v) is 3.41. The quantitative estimate of drug-likeness (QED) is 0.713. The summed E-state index contributed by atoms with van der Waals surface area (Å²) in [5.41, 5.74) is 0.619. The maximum Gasteiger partial charge on any atom is 0.374 e. The van der Waals surface area contributed by atoms with Crippen LogP contribution in [0.4, 0.5) is 0 Å². The van der Waals surface area contributed by atoms with E-state index in [9.17, 15) is 9.59 Å². The molecule has 0 aliphatic heterocycles. The van der Waals surface area contributed by atoms with Crippen molar-refractivity contribution in [3.8, 4) is 5.75 Å². The molecule has 0 atom stereocenters. The molecule has 2 aromatic rings. The zero-order valence-corrected chi connectivity index (χ0v) is 14.2. The van der Waals surface area contributed by atoms with E-state index in [2.05, 4.69) is 20.7 Å². The lowest BCUT2D eigenvalue weighted by Crippen LogP contribution is -2.14. The predicted molar refractivity (Wildman–Crippen MR) is 84.2 cm³/mol. The molecule has 2 rings (SSSR count). The molecule has 0 N–H and O–H groups in total. The molecule has 122 valence electrons. The average molecular weight is 383 g/mol. The average Bonchev–Trinajstić information content (AvgIpc) is 2.92. The zero-order valence-electron chi connectivity index (χ0n) is 12.6. The lowest BCUT2D eigenvalue weighted by atomic mass is 10.3. The molecule has 0 spiro atoms. The van der Waals surface area contributed by atoms with Gasteiger partial charge in [0.1, 0.15) is 18.1 Å². The van der Waals surface area contributed by atoms with Gasteiger partial charge in [0.25, 0.3) is 0 Å². The number of furan rings is 1. The number of halogens is 1. The molecule has 1 aromatic heterocycles. The third kappa shape index (κ3) is 4.85. The van der Waals surface area contributed by atoms with Gasteiger partial charge in [-0.2, -0.15) is 0 Å². The summed E-state index contributed by atoms with van der Waals surface area (Å²) < 4.78 is 21.1. The van der Waals surface area contributed by atoms with Gasteiger partial charge in [0.05, 0.1) is 7.11 Å². The minimum atomic E-state index is -0.571. The van der Waals surface area contributed by atoms with Crippen LogP contribution < -0.4 is 4.74 Å². The van der Waals surface area contributed by atoms with Gasteiger partial charge in [-0.3, -0.25) is 0 Å². The maximum atomic E-state index is 11.6. The highest BCUT2D eigenvalue weighted by Gasteiger charge is 2.17. The number of ether oxygens (including phenoxy) is 3. The second kappa shape index (κ2) is 7.82. The number of esters is 2. The number of methoxy groups -OCH3 is 1. The highest BCUT2D eigenvalue weighted by molar-refractivity contribution is 9.10. The zero-order chi connectivity index (χ0) is 16.8. The van der Waals surface area contributed by atoms with Crippen molar-refractivity contribution in [1.29, 1.82) is 0 Å². The molecule has 0 unspecified atom stereocenters. The predicted octanol–water partition coefficient (Wildman–Crippen LogP) is 3.26. The van der Waals surface area contributed by atoms with E-state index in [1.807, 2.05) is 0 Å². The fourth-order valence-corrected chi connectivity index (χ4v) is 2.05. The lowest BCUT2D eigenvalue weighted by Gasteiger charge is -2.06. The van der Waals surface area contributed by atoms with Crippen LogP contribution in [0.1, 0.15) is 21.9 Å². The van der Waals surface area contributed by atoms with E-state index < -0.39 is 11.9 Å². The van der Waals surface area contributed by atoms with Crippen LogP contribution in [0, 0.1) is 6.92 Å². The Kier molecular flexibility index (Phi) is 5.81. The molecule has 0 bridgehead atoms. The second-order valence-electron chi connectivity index (χ2n) is 4.62. The normalized spacial score (nSPS) is 10.2. The molecular formula is C16H15BrO6. The van der Waals surface area contributed by atoms with E-state index in [1.165, 1.54) is 7.11 Å². The second-order valence-corrected chi connectivity index (χ2v) is 5.54. The minimum absolute atomic E-state index is 0.0830. The van der Waals surface area contributed by atoms with Gasteiger partial charge in [-0.25, -0.2) is 9.59 Å². The van der Waals surface area contributed by atoms with Crippen molar-refractivity contribution in [2.24, 2.45) is 0 Å². The van der Waals surface area contributed by atoms with Crippen molar-refractivity contribution in [3.05, 3.63) is 51.9 Å². The van der Waals surface area contributed by atoms with E-state index in [0.29, 0.717) is 17.1 Å². The van der Waals surface area contributed by atoms with E-state index in [4.69, 9.17) is 13.9 Å². The van der Waals surface area contributed by atoms with Crippen LogP contribution in [-0.4, -0.2) is 25.7 Å². The van der Waals surface area contributed by atoms with Gasteiger partial charge in [0.2, 0.25) is 5.76 Å². The Morgan fingerprint density at radius 1 is 1.22 bits per heavy atom. The number of carbonyl (C=O) groups excluding carboxylic acids is 2. The van der Waals surface area contributed by atoms with Gasteiger partial charge in [-0.1, -0.05) is 15.9 Å². The highest BCUT2D eigenvalue weighted by Crippen LogP contribution is 2.17. The van der Waals surface area contributed by atoms with Crippen LogP contribution in [0.15, 0.2) is 39.2 Å². The van der Waals surface area contributed by atoms with Crippen LogP contribution in [0.3, 0.4) is 0 Å². The first kappa shape index (κ1) is 17.1. The van der Waals surface area contributed by atoms with Gasteiger partial charge < -0.3 is 18.6 Å². The summed E-state index contributed by atoms with van der Waals surface area (Å²) in [7, 11) is 1.27. The number of aryl methyl sites for hydroxylation is 1. The molecule has 0 aliphatic rings. The van der Waals surface area contributed by atoms with Crippen LogP contribution in [0.5, 0.6) is 5.75 Å². The van der Waals surface area contributed by atoms with Gasteiger partial charge >= 0.3 is 11.9 Å². The SMILES string of the molecule is COC(=O)c1oc(COC(=O)COc2ccc(Br)cc2)cc1C. The maximum absolute atomic E-state index is 11.6. The van der Waals surface area contributed by atoms with Crippen molar-refractivity contribution >= 4 is 27.9 Å². The first-order valence-electron chi connectivity index (χ1n) is 6.71. The monoisotopic (exact) mass is 382 g/mol. The van der Waals surface area contributed by atoms with E-state index in [0.717, 1.165) is 4.47 Å². The summed E-state index contributed by atoms with van der Waals surface area (Å²) >= 11 is 3.31. The molecule has 0 amide bonds. The summed E-state index contributed by atoms with van der Waals surface area (Å²) in [5, 5.41) is 0. The highest BCUT2D eigenvalue weighted by atomic mass is 79.9. The molecule has 0 fully saturated rings. The van der Waals surface area contributed by atoms with E-state index in [-0.39, 0.29) is 19.0 Å². The fourth-order valence-electron chi connectivity index (χ4n) is 1.78. The Morgan fingerprint density at radius 2 is 1.91 bits per heavy atom. The standard InChI is InChI=1S/C16H15BrO6/c1-10-7-13(23-15(10)16(19)20-2)8-22-14(18)9-21-12-5-3-11(17)4-6-12/h3-7H,8-9H2,1-2H3. The van der Waals surface area contributed by atoms with Crippen molar-refractivity contribution in [2.75, 3.05) is 13.7 Å². The van der Waals surface area contributed by atoms with E-state index >= 15 is 0 Å². The van der Waals surface area contributed by atoms with Gasteiger partial charge in [-0.15, -0.1) is 0 Å². The Balaban J connectivity index is 1.82. The minimum Gasteiger partial charge on any atom is -0.482 e. The molecule has 6 nitrogen and oxygen atoms in total.